The highest BCUT2D eigenvalue weighted by atomic mass is 19.1. The molecule has 5 rings (SSSR count). The third-order valence-electron chi connectivity index (χ3n) is 6.38. The van der Waals surface area contributed by atoms with Gasteiger partial charge in [-0.15, -0.1) is 0 Å². The molecular weight excluding hydrogens is 422 g/mol. The average Bonchev–Trinajstić information content (AvgIpc) is 3.26. The van der Waals surface area contributed by atoms with Gasteiger partial charge in [0, 0.05) is 23.6 Å². The van der Waals surface area contributed by atoms with Crippen LogP contribution < -0.4 is 4.74 Å². The van der Waals surface area contributed by atoms with Gasteiger partial charge in [0.25, 0.3) is 0 Å². The number of fused-ring (bicyclic) bond motifs is 1. The summed E-state index contributed by atoms with van der Waals surface area (Å²) in [5.41, 5.74) is 3.28. The zero-order chi connectivity index (χ0) is 22.6. The lowest BCUT2D eigenvalue weighted by atomic mass is 9.89. The van der Waals surface area contributed by atoms with E-state index in [1.54, 1.807) is 18.2 Å². The zero-order valence-corrected chi connectivity index (χ0v) is 18.3. The fourth-order valence-corrected chi connectivity index (χ4v) is 4.53. The van der Waals surface area contributed by atoms with Crippen LogP contribution in [0.3, 0.4) is 0 Å². The van der Waals surface area contributed by atoms with Crippen molar-refractivity contribution in [3.8, 4) is 17.0 Å². The first-order valence-corrected chi connectivity index (χ1v) is 11.4. The number of nitrogens with zero attached hydrogens (tertiary/aromatic N) is 2. The molecule has 1 aliphatic rings. The minimum absolute atomic E-state index is 0.172. The molecule has 4 nitrogen and oxygen atoms in total. The molecule has 0 N–H and O–H groups in total. The van der Waals surface area contributed by atoms with Gasteiger partial charge in [-0.05, 0) is 92.4 Å². The maximum Gasteiger partial charge on any atom is 0.170 e. The van der Waals surface area contributed by atoms with Crippen molar-refractivity contribution >= 4 is 11.0 Å². The molecule has 4 aromatic rings. The Morgan fingerprint density at radius 3 is 2.39 bits per heavy atom. The van der Waals surface area contributed by atoms with Crippen LogP contribution in [0.4, 0.5) is 8.78 Å². The summed E-state index contributed by atoms with van der Waals surface area (Å²) in [4.78, 5) is 2.48. The molecule has 0 amide bonds. The number of hydrogen-bond donors (Lipinski definition) is 0. The van der Waals surface area contributed by atoms with Crippen LogP contribution in [-0.2, 0) is 0 Å². The van der Waals surface area contributed by atoms with Crippen LogP contribution in [0.2, 0.25) is 0 Å². The van der Waals surface area contributed by atoms with Gasteiger partial charge in [-0.1, -0.05) is 17.3 Å². The lowest BCUT2D eigenvalue weighted by molar-refractivity contribution is 0.193. The average molecular weight is 449 g/mol. The third-order valence-corrected chi connectivity index (χ3v) is 6.38. The number of ether oxygens (including phenoxy) is 1. The monoisotopic (exact) mass is 448 g/mol. The van der Waals surface area contributed by atoms with E-state index in [4.69, 9.17) is 9.26 Å². The van der Waals surface area contributed by atoms with Crippen molar-refractivity contribution < 1.29 is 18.0 Å². The van der Waals surface area contributed by atoms with Gasteiger partial charge < -0.3 is 14.2 Å². The van der Waals surface area contributed by atoms with Gasteiger partial charge in [-0.25, -0.2) is 8.78 Å². The van der Waals surface area contributed by atoms with E-state index in [1.807, 2.05) is 36.4 Å². The molecule has 0 spiro atoms. The predicted octanol–water partition coefficient (Wildman–Crippen LogP) is 6.42. The van der Waals surface area contributed by atoms with Crippen molar-refractivity contribution in [3.63, 3.8) is 0 Å². The first-order chi connectivity index (χ1) is 16.2. The standard InChI is InChI=1S/C27H26F2N2O2/c28-22-6-2-19(3-7-22)20-12-15-31(16-13-20)14-1-17-32-24-9-4-21(5-10-24)27-25-11-8-23(29)18-26(25)33-30-27/h2-11,18,20H,1,12-17H2. The van der Waals surface area contributed by atoms with E-state index in [2.05, 4.69) is 10.1 Å². The SMILES string of the molecule is Fc1ccc(C2CCN(CCCOc3ccc(-c4noc5cc(F)ccc45)cc3)CC2)cc1. The highest BCUT2D eigenvalue weighted by Gasteiger charge is 2.20. The van der Waals surface area contributed by atoms with E-state index in [9.17, 15) is 8.78 Å². The van der Waals surface area contributed by atoms with E-state index in [-0.39, 0.29) is 11.6 Å². The summed E-state index contributed by atoms with van der Waals surface area (Å²) in [6.45, 7) is 3.79. The van der Waals surface area contributed by atoms with Crippen LogP contribution in [0, 0.1) is 11.6 Å². The van der Waals surface area contributed by atoms with Crippen LogP contribution in [0.15, 0.2) is 71.3 Å². The smallest absolute Gasteiger partial charge is 0.170 e. The summed E-state index contributed by atoms with van der Waals surface area (Å²) >= 11 is 0. The molecule has 0 bridgehead atoms. The normalized spacial score (nSPS) is 15.2. The summed E-state index contributed by atoms with van der Waals surface area (Å²) in [5.74, 6) is 0.824. The molecule has 33 heavy (non-hydrogen) atoms. The highest BCUT2D eigenvalue weighted by Crippen LogP contribution is 2.30. The number of aromatic nitrogens is 1. The molecule has 0 saturated carbocycles. The third kappa shape index (κ3) is 5.06. The fourth-order valence-electron chi connectivity index (χ4n) is 4.53. The van der Waals surface area contributed by atoms with Crippen molar-refractivity contribution in [1.29, 1.82) is 0 Å². The van der Waals surface area contributed by atoms with Crippen LogP contribution >= 0.6 is 0 Å². The first-order valence-electron chi connectivity index (χ1n) is 11.4. The molecule has 1 fully saturated rings. The maximum atomic E-state index is 13.3. The molecule has 170 valence electrons. The van der Waals surface area contributed by atoms with Crippen LogP contribution in [0.5, 0.6) is 5.75 Å². The number of likely N-dealkylation sites (tertiary alicyclic amines) is 1. The Balaban J connectivity index is 1.07. The molecule has 0 radical (unpaired) electrons. The molecule has 0 atom stereocenters. The Hall–Kier alpha value is -3.25. The molecule has 2 heterocycles. The molecule has 0 aliphatic carbocycles. The Bertz CT molecular complexity index is 1200. The number of benzene rings is 3. The number of piperidine rings is 1. The molecule has 1 aliphatic heterocycles. The van der Waals surface area contributed by atoms with Crippen LogP contribution in [0.1, 0.15) is 30.7 Å². The molecule has 1 aromatic heterocycles. The van der Waals surface area contributed by atoms with E-state index in [1.165, 1.54) is 17.7 Å². The minimum Gasteiger partial charge on any atom is -0.494 e. The fraction of sp³-hybridized carbons (Fsp3) is 0.296. The first kappa shape index (κ1) is 21.6. The number of halogens is 2. The van der Waals surface area contributed by atoms with Gasteiger partial charge in [0.1, 0.15) is 23.1 Å². The maximum absolute atomic E-state index is 13.3. The molecule has 6 heteroatoms. The Labute approximate surface area is 191 Å². The summed E-state index contributed by atoms with van der Waals surface area (Å²) in [5, 5.41) is 4.87. The van der Waals surface area contributed by atoms with E-state index >= 15 is 0 Å². The Kier molecular flexibility index (Phi) is 6.35. The van der Waals surface area contributed by atoms with Crippen LogP contribution in [0.25, 0.3) is 22.2 Å². The zero-order valence-electron chi connectivity index (χ0n) is 18.3. The lowest BCUT2D eigenvalue weighted by Crippen LogP contribution is -2.34. The summed E-state index contributed by atoms with van der Waals surface area (Å²) in [7, 11) is 0. The predicted molar refractivity (Wildman–Crippen MR) is 124 cm³/mol. The quantitative estimate of drug-likeness (QED) is 0.306. The molecule has 1 saturated heterocycles. The summed E-state index contributed by atoms with van der Waals surface area (Å²) < 4.78 is 37.6. The number of rotatable bonds is 7. The molecule has 0 unspecified atom stereocenters. The van der Waals surface area contributed by atoms with Crippen molar-refractivity contribution in [2.24, 2.45) is 0 Å². The van der Waals surface area contributed by atoms with Crippen molar-refractivity contribution in [2.45, 2.75) is 25.2 Å². The Morgan fingerprint density at radius 1 is 0.909 bits per heavy atom. The second kappa shape index (κ2) is 9.71. The van der Waals surface area contributed by atoms with Crippen LogP contribution in [-0.4, -0.2) is 36.3 Å². The van der Waals surface area contributed by atoms with Crippen molar-refractivity contribution in [1.82, 2.24) is 10.1 Å². The van der Waals surface area contributed by atoms with Gasteiger partial charge in [0.2, 0.25) is 0 Å². The minimum atomic E-state index is -0.341. The van der Waals surface area contributed by atoms with E-state index < -0.39 is 0 Å². The van der Waals surface area contributed by atoms with Gasteiger partial charge in [0.15, 0.2) is 5.58 Å². The Morgan fingerprint density at radius 2 is 1.64 bits per heavy atom. The largest absolute Gasteiger partial charge is 0.494 e. The summed E-state index contributed by atoms with van der Waals surface area (Å²) in [6.07, 6.45) is 3.18. The number of hydrogen-bond acceptors (Lipinski definition) is 4. The second-order valence-corrected chi connectivity index (χ2v) is 8.57. The van der Waals surface area contributed by atoms with Crippen molar-refractivity contribution in [2.75, 3.05) is 26.2 Å². The topological polar surface area (TPSA) is 38.5 Å². The van der Waals surface area contributed by atoms with Gasteiger partial charge >= 0.3 is 0 Å². The highest BCUT2D eigenvalue weighted by molar-refractivity contribution is 5.91. The van der Waals surface area contributed by atoms with Crippen molar-refractivity contribution in [3.05, 3.63) is 83.9 Å². The van der Waals surface area contributed by atoms with Gasteiger partial charge in [0.05, 0.1) is 6.61 Å². The second-order valence-electron chi connectivity index (χ2n) is 8.57. The van der Waals surface area contributed by atoms with Gasteiger partial charge in [-0.3, -0.25) is 0 Å². The molecule has 3 aromatic carbocycles. The van der Waals surface area contributed by atoms with Gasteiger partial charge in [-0.2, -0.15) is 0 Å². The molecular formula is C27H26F2N2O2. The van der Waals surface area contributed by atoms with E-state index in [0.717, 1.165) is 55.6 Å². The summed E-state index contributed by atoms with van der Waals surface area (Å²) in [6, 6.07) is 19.1. The lowest BCUT2D eigenvalue weighted by Gasteiger charge is -2.32. The van der Waals surface area contributed by atoms with E-state index in [0.29, 0.717) is 23.8 Å².